The standard InChI is InChI=1S/C15H15IN4O3S/c1-11-5-7-14(8-6-11)24(21,22)23-20(15(17)18)19-10-12-3-2-4-13(16)9-12/h2-10H,1H3,(H3,17,18). The van der Waals surface area contributed by atoms with Gasteiger partial charge in [0, 0.05) is 3.57 Å². The number of benzene rings is 2. The molecule has 0 atom stereocenters. The molecule has 0 amide bonds. The molecule has 0 aromatic heterocycles. The minimum Gasteiger partial charge on any atom is -0.367 e. The first-order chi connectivity index (χ1) is 11.3. The topological polar surface area (TPSA) is 109 Å². The SMILES string of the molecule is Cc1ccc(S(=O)(=O)ON(N=Cc2cccc(I)c2)C(=N)N)cc1. The Balaban J connectivity index is 2.22. The summed E-state index contributed by atoms with van der Waals surface area (Å²) in [6.45, 7) is 1.84. The smallest absolute Gasteiger partial charge is 0.319 e. The van der Waals surface area contributed by atoms with Crippen LogP contribution in [0.2, 0.25) is 0 Å². The van der Waals surface area contributed by atoms with Gasteiger partial charge in [0.2, 0.25) is 5.96 Å². The Morgan fingerprint density at radius 1 is 1.29 bits per heavy atom. The summed E-state index contributed by atoms with van der Waals surface area (Å²) in [5.41, 5.74) is 6.97. The van der Waals surface area contributed by atoms with Crippen molar-refractivity contribution < 1.29 is 12.7 Å². The lowest BCUT2D eigenvalue weighted by molar-refractivity contribution is 0.0284. The van der Waals surface area contributed by atoms with Crippen molar-refractivity contribution in [3.05, 3.63) is 63.2 Å². The summed E-state index contributed by atoms with van der Waals surface area (Å²) in [7, 11) is -4.14. The zero-order valence-electron chi connectivity index (χ0n) is 12.7. The fraction of sp³-hybridized carbons (Fsp3) is 0.0667. The van der Waals surface area contributed by atoms with Crippen molar-refractivity contribution in [3.63, 3.8) is 0 Å². The van der Waals surface area contributed by atoms with Gasteiger partial charge in [0.15, 0.2) is 0 Å². The quantitative estimate of drug-likeness (QED) is 0.310. The van der Waals surface area contributed by atoms with E-state index >= 15 is 0 Å². The Labute approximate surface area is 153 Å². The molecule has 0 fully saturated rings. The van der Waals surface area contributed by atoms with Crippen molar-refractivity contribution in [2.24, 2.45) is 10.8 Å². The zero-order chi connectivity index (χ0) is 17.7. The predicted octanol–water partition coefficient (Wildman–Crippen LogP) is 2.45. The number of hydrazone groups is 1. The second kappa shape index (κ2) is 7.73. The zero-order valence-corrected chi connectivity index (χ0v) is 15.7. The Bertz CT molecular complexity index is 867. The van der Waals surface area contributed by atoms with Gasteiger partial charge < -0.3 is 5.73 Å². The van der Waals surface area contributed by atoms with Crippen LogP contribution < -0.4 is 5.73 Å². The largest absolute Gasteiger partial charge is 0.367 e. The van der Waals surface area contributed by atoms with Gasteiger partial charge in [0.05, 0.1) is 11.1 Å². The molecule has 0 spiro atoms. The van der Waals surface area contributed by atoms with Crippen molar-refractivity contribution in [3.8, 4) is 0 Å². The molecule has 7 nitrogen and oxygen atoms in total. The van der Waals surface area contributed by atoms with E-state index in [0.717, 1.165) is 9.13 Å². The van der Waals surface area contributed by atoms with Crippen molar-refractivity contribution in [2.45, 2.75) is 11.8 Å². The van der Waals surface area contributed by atoms with Gasteiger partial charge in [-0.1, -0.05) is 35.0 Å². The molecule has 0 bridgehead atoms. The summed E-state index contributed by atoms with van der Waals surface area (Å²) in [5, 5.41) is 11.7. The maximum absolute atomic E-state index is 12.2. The van der Waals surface area contributed by atoms with Crippen LogP contribution >= 0.6 is 22.6 Å². The molecule has 0 unspecified atom stereocenters. The van der Waals surface area contributed by atoms with E-state index in [2.05, 4.69) is 27.7 Å². The molecule has 0 heterocycles. The van der Waals surface area contributed by atoms with Gasteiger partial charge >= 0.3 is 10.1 Å². The highest BCUT2D eigenvalue weighted by Crippen LogP contribution is 2.15. The molecular weight excluding hydrogens is 443 g/mol. The molecule has 0 saturated heterocycles. The fourth-order valence-corrected chi connectivity index (χ4v) is 3.10. The number of nitrogens with one attached hydrogen (secondary N) is 1. The average Bonchev–Trinajstić information content (AvgIpc) is 2.51. The maximum Gasteiger partial charge on any atom is 0.319 e. The van der Waals surface area contributed by atoms with Crippen LogP contribution in [0.3, 0.4) is 0 Å². The Hall–Kier alpha value is -1.98. The van der Waals surface area contributed by atoms with Gasteiger partial charge in [-0.15, -0.1) is 9.39 Å². The number of rotatable bonds is 5. The molecule has 0 aliphatic heterocycles. The Morgan fingerprint density at radius 3 is 2.54 bits per heavy atom. The first kappa shape index (κ1) is 18.4. The van der Waals surface area contributed by atoms with Crippen LogP contribution in [-0.2, 0) is 14.4 Å². The van der Waals surface area contributed by atoms with Crippen molar-refractivity contribution >= 4 is 44.9 Å². The summed E-state index contributed by atoms with van der Waals surface area (Å²) in [6, 6.07) is 13.4. The fourth-order valence-electron chi connectivity index (χ4n) is 1.67. The summed E-state index contributed by atoms with van der Waals surface area (Å²) in [4.78, 5) is -0.0520. The van der Waals surface area contributed by atoms with Crippen molar-refractivity contribution in [1.82, 2.24) is 5.17 Å². The summed E-state index contributed by atoms with van der Waals surface area (Å²) < 4.78 is 30.3. The lowest BCUT2D eigenvalue weighted by Gasteiger charge is -2.15. The van der Waals surface area contributed by atoms with Crippen LogP contribution in [0.1, 0.15) is 11.1 Å². The minimum absolute atomic E-state index is 0.0520. The van der Waals surface area contributed by atoms with Crippen LogP contribution in [0, 0.1) is 15.9 Å². The molecule has 2 rings (SSSR count). The number of nitrogens with two attached hydrogens (primary N) is 1. The maximum atomic E-state index is 12.2. The molecule has 24 heavy (non-hydrogen) atoms. The number of hydroxylamine groups is 1. The highest BCUT2D eigenvalue weighted by Gasteiger charge is 2.21. The second-order valence-electron chi connectivity index (χ2n) is 4.80. The third-order valence-electron chi connectivity index (χ3n) is 2.84. The van der Waals surface area contributed by atoms with Gasteiger partial charge in [0.1, 0.15) is 0 Å². The van der Waals surface area contributed by atoms with Gasteiger partial charge in [-0.3, -0.25) is 5.41 Å². The molecule has 0 saturated carbocycles. The third kappa shape index (κ3) is 5.01. The molecule has 0 radical (unpaired) electrons. The lowest BCUT2D eigenvalue weighted by atomic mass is 10.2. The molecule has 0 aliphatic carbocycles. The first-order valence-electron chi connectivity index (χ1n) is 6.73. The molecule has 126 valence electrons. The van der Waals surface area contributed by atoms with Crippen LogP contribution in [0.5, 0.6) is 0 Å². The number of aryl methyl sites for hydroxylation is 1. The second-order valence-corrected chi connectivity index (χ2v) is 7.57. The van der Waals surface area contributed by atoms with Crippen LogP contribution in [-0.4, -0.2) is 25.8 Å². The summed E-state index contributed by atoms with van der Waals surface area (Å²) >= 11 is 2.14. The first-order valence-corrected chi connectivity index (χ1v) is 9.21. The van der Waals surface area contributed by atoms with Gasteiger partial charge in [-0.2, -0.15) is 8.42 Å². The number of hydrogen-bond acceptors (Lipinski definition) is 5. The summed E-state index contributed by atoms with van der Waals surface area (Å²) in [5.74, 6) is -0.660. The van der Waals surface area contributed by atoms with E-state index in [0.29, 0.717) is 10.7 Å². The molecule has 0 aliphatic rings. The number of guanidine groups is 1. The van der Waals surface area contributed by atoms with Gasteiger partial charge in [-0.25, -0.2) is 0 Å². The summed E-state index contributed by atoms with van der Waals surface area (Å²) in [6.07, 6.45) is 1.36. The van der Waals surface area contributed by atoms with Gasteiger partial charge in [0.25, 0.3) is 0 Å². The van der Waals surface area contributed by atoms with Crippen molar-refractivity contribution in [2.75, 3.05) is 0 Å². The highest BCUT2D eigenvalue weighted by atomic mass is 127. The molecule has 9 heteroatoms. The van der Waals surface area contributed by atoms with E-state index in [4.69, 9.17) is 15.4 Å². The number of halogens is 1. The molecule has 3 N–H and O–H groups in total. The normalized spacial score (nSPS) is 11.6. The van der Waals surface area contributed by atoms with E-state index in [1.165, 1.54) is 18.3 Å². The van der Waals surface area contributed by atoms with Gasteiger partial charge in [-0.05, 0) is 59.3 Å². The lowest BCUT2D eigenvalue weighted by Crippen LogP contribution is -2.34. The monoisotopic (exact) mass is 458 g/mol. The Kier molecular flexibility index (Phi) is 5.91. The van der Waals surface area contributed by atoms with E-state index in [1.807, 2.05) is 25.1 Å². The number of hydrogen-bond donors (Lipinski definition) is 2. The third-order valence-corrected chi connectivity index (χ3v) is 4.70. The van der Waals surface area contributed by atoms with E-state index < -0.39 is 16.1 Å². The minimum atomic E-state index is -4.14. The average molecular weight is 458 g/mol. The van der Waals surface area contributed by atoms with Crippen LogP contribution in [0.25, 0.3) is 0 Å². The highest BCUT2D eigenvalue weighted by molar-refractivity contribution is 14.1. The Morgan fingerprint density at radius 2 is 1.96 bits per heavy atom. The van der Waals surface area contributed by atoms with Crippen LogP contribution in [0.15, 0.2) is 58.5 Å². The predicted molar refractivity (Wildman–Crippen MR) is 100.0 cm³/mol. The van der Waals surface area contributed by atoms with E-state index in [1.54, 1.807) is 18.2 Å². The van der Waals surface area contributed by atoms with Crippen molar-refractivity contribution in [1.29, 1.82) is 5.41 Å². The number of nitrogens with zero attached hydrogens (tertiary/aromatic N) is 2. The van der Waals surface area contributed by atoms with E-state index in [9.17, 15) is 8.42 Å². The molecule has 2 aromatic carbocycles. The van der Waals surface area contributed by atoms with E-state index in [-0.39, 0.29) is 4.90 Å². The molecule has 2 aromatic rings. The van der Waals surface area contributed by atoms with Crippen LogP contribution in [0.4, 0.5) is 0 Å². The molecular formula is C15H15IN4O3S.